The SMILES string of the molecule is Nc1ccc(CNC(=O)[C@H](Cc2ccc(Cl)cc2)NC(=O)[C@H](O)Cc2ccccc2)cn1. The number of nitrogens with two attached hydrogens (primary N) is 1. The number of nitrogen functional groups attached to an aromatic ring is 1. The highest BCUT2D eigenvalue weighted by Crippen LogP contribution is 2.12. The van der Waals surface area contributed by atoms with E-state index in [0.717, 1.165) is 16.7 Å². The summed E-state index contributed by atoms with van der Waals surface area (Å²) in [7, 11) is 0. The number of aliphatic hydroxyl groups excluding tert-OH is 1. The van der Waals surface area contributed by atoms with Crippen LogP contribution in [0.3, 0.4) is 0 Å². The Morgan fingerprint density at radius 3 is 2.22 bits per heavy atom. The molecule has 0 unspecified atom stereocenters. The van der Waals surface area contributed by atoms with Crippen molar-refractivity contribution in [1.29, 1.82) is 0 Å². The Kier molecular flexibility index (Phi) is 8.19. The number of benzene rings is 2. The molecule has 2 amide bonds. The number of nitrogens with zero attached hydrogens (tertiary/aromatic N) is 1. The predicted molar refractivity (Wildman–Crippen MR) is 124 cm³/mol. The summed E-state index contributed by atoms with van der Waals surface area (Å²) in [4.78, 5) is 29.5. The monoisotopic (exact) mass is 452 g/mol. The second kappa shape index (κ2) is 11.3. The van der Waals surface area contributed by atoms with E-state index in [1.807, 2.05) is 30.3 Å². The van der Waals surface area contributed by atoms with Crippen molar-refractivity contribution >= 4 is 29.2 Å². The van der Waals surface area contributed by atoms with Gasteiger partial charge in [-0.15, -0.1) is 0 Å². The third-order valence-corrected chi connectivity index (χ3v) is 5.13. The van der Waals surface area contributed by atoms with Crippen molar-refractivity contribution in [2.75, 3.05) is 5.73 Å². The average molecular weight is 453 g/mol. The Morgan fingerprint density at radius 2 is 1.56 bits per heavy atom. The molecular formula is C24H25ClN4O3. The molecule has 0 spiro atoms. The standard InChI is InChI=1S/C24H25ClN4O3/c25-19-9-6-17(7-10-19)12-20(23(31)28-15-18-8-11-22(26)27-14-18)29-24(32)21(30)13-16-4-2-1-3-5-16/h1-11,14,20-21,30H,12-13,15H2,(H2,26,27)(H,28,31)(H,29,32)/t20-,21+/m0/s1. The second-order valence-corrected chi connectivity index (χ2v) is 7.84. The van der Waals surface area contributed by atoms with Gasteiger partial charge in [0, 0.05) is 30.6 Å². The number of carbonyl (C=O) groups is 2. The number of halogens is 1. The Balaban J connectivity index is 1.67. The van der Waals surface area contributed by atoms with Crippen LogP contribution in [-0.4, -0.2) is 34.1 Å². The Bertz CT molecular complexity index is 1030. The van der Waals surface area contributed by atoms with Gasteiger partial charge in [0.25, 0.3) is 0 Å². The summed E-state index contributed by atoms with van der Waals surface area (Å²) in [6.07, 6.45) is 0.692. The van der Waals surface area contributed by atoms with Crippen LogP contribution < -0.4 is 16.4 Å². The fourth-order valence-electron chi connectivity index (χ4n) is 3.12. The predicted octanol–water partition coefficient (Wildman–Crippen LogP) is 2.26. The number of aromatic nitrogens is 1. The number of carbonyl (C=O) groups excluding carboxylic acids is 2. The minimum Gasteiger partial charge on any atom is -0.384 e. The van der Waals surface area contributed by atoms with E-state index in [9.17, 15) is 14.7 Å². The molecule has 2 aromatic carbocycles. The van der Waals surface area contributed by atoms with E-state index >= 15 is 0 Å². The van der Waals surface area contributed by atoms with Crippen LogP contribution in [0.4, 0.5) is 5.82 Å². The maximum atomic E-state index is 12.9. The van der Waals surface area contributed by atoms with E-state index in [1.54, 1.807) is 42.6 Å². The van der Waals surface area contributed by atoms with Crippen LogP contribution in [0, 0.1) is 0 Å². The molecule has 0 aliphatic carbocycles. The molecule has 2 atom stereocenters. The third-order valence-electron chi connectivity index (χ3n) is 4.87. The molecule has 5 N–H and O–H groups in total. The van der Waals surface area contributed by atoms with Crippen molar-refractivity contribution in [3.05, 3.63) is 94.6 Å². The summed E-state index contributed by atoms with van der Waals surface area (Å²) < 4.78 is 0. The number of hydrogen-bond acceptors (Lipinski definition) is 5. The van der Waals surface area contributed by atoms with Gasteiger partial charge in [-0.1, -0.05) is 60.1 Å². The summed E-state index contributed by atoms with van der Waals surface area (Å²) in [6.45, 7) is 0.228. The highest BCUT2D eigenvalue weighted by Gasteiger charge is 2.25. The quantitative estimate of drug-likeness (QED) is 0.397. The third kappa shape index (κ3) is 7.08. The molecule has 1 heterocycles. The Morgan fingerprint density at radius 1 is 0.906 bits per heavy atom. The molecule has 7 nitrogen and oxygen atoms in total. The van der Waals surface area contributed by atoms with Crippen molar-refractivity contribution in [2.45, 2.75) is 31.5 Å². The van der Waals surface area contributed by atoms with Gasteiger partial charge in [0.05, 0.1) is 0 Å². The molecular weight excluding hydrogens is 428 g/mol. The summed E-state index contributed by atoms with van der Waals surface area (Å²) in [5.41, 5.74) is 8.00. The topological polar surface area (TPSA) is 117 Å². The van der Waals surface area contributed by atoms with E-state index in [-0.39, 0.29) is 25.3 Å². The molecule has 1 aromatic heterocycles. The molecule has 0 bridgehead atoms. The minimum absolute atomic E-state index is 0.152. The van der Waals surface area contributed by atoms with Crippen LogP contribution in [0.5, 0.6) is 0 Å². The number of nitrogens with one attached hydrogen (secondary N) is 2. The average Bonchev–Trinajstić information content (AvgIpc) is 2.80. The van der Waals surface area contributed by atoms with Gasteiger partial charge in [-0.25, -0.2) is 4.98 Å². The van der Waals surface area contributed by atoms with Crippen molar-refractivity contribution in [3.63, 3.8) is 0 Å². The first kappa shape index (κ1) is 23.2. The lowest BCUT2D eigenvalue weighted by Crippen LogP contribution is -2.51. The highest BCUT2D eigenvalue weighted by molar-refractivity contribution is 6.30. The summed E-state index contributed by atoms with van der Waals surface area (Å²) in [5, 5.41) is 16.4. The molecule has 0 radical (unpaired) electrons. The van der Waals surface area contributed by atoms with Gasteiger partial charge in [-0.2, -0.15) is 0 Å². The fourth-order valence-corrected chi connectivity index (χ4v) is 3.24. The smallest absolute Gasteiger partial charge is 0.249 e. The molecule has 0 saturated carbocycles. The van der Waals surface area contributed by atoms with Gasteiger partial charge in [0.15, 0.2) is 0 Å². The molecule has 32 heavy (non-hydrogen) atoms. The number of anilines is 1. The van der Waals surface area contributed by atoms with E-state index < -0.39 is 18.1 Å². The van der Waals surface area contributed by atoms with Crippen LogP contribution in [0.15, 0.2) is 72.9 Å². The van der Waals surface area contributed by atoms with E-state index in [2.05, 4.69) is 15.6 Å². The second-order valence-electron chi connectivity index (χ2n) is 7.41. The number of aliphatic hydroxyl groups is 1. The molecule has 166 valence electrons. The first-order valence-corrected chi connectivity index (χ1v) is 10.5. The molecule has 0 aliphatic rings. The molecule has 3 aromatic rings. The first-order chi connectivity index (χ1) is 15.4. The van der Waals surface area contributed by atoms with Crippen LogP contribution >= 0.6 is 11.6 Å². The van der Waals surface area contributed by atoms with Crippen LogP contribution in [0.25, 0.3) is 0 Å². The number of rotatable bonds is 9. The zero-order chi connectivity index (χ0) is 22.9. The van der Waals surface area contributed by atoms with Crippen LogP contribution in [-0.2, 0) is 29.0 Å². The Labute approximate surface area is 191 Å². The van der Waals surface area contributed by atoms with Gasteiger partial charge < -0.3 is 21.5 Å². The maximum absolute atomic E-state index is 12.9. The summed E-state index contributed by atoms with van der Waals surface area (Å²) in [6, 6.07) is 18.7. The number of amides is 2. The molecule has 0 aliphatic heterocycles. The zero-order valence-electron chi connectivity index (χ0n) is 17.4. The fraction of sp³-hybridized carbons (Fsp3) is 0.208. The molecule has 8 heteroatoms. The highest BCUT2D eigenvalue weighted by atomic mass is 35.5. The van der Waals surface area contributed by atoms with Crippen LogP contribution in [0.2, 0.25) is 5.02 Å². The Hall–Kier alpha value is -3.42. The maximum Gasteiger partial charge on any atom is 0.249 e. The van der Waals surface area contributed by atoms with Crippen molar-refractivity contribution in [1.82, 2.24) is 15.6 Å². The largest absolute Gasteiger partial charge is 0.384 e. The van der Waals surface area contributed by atoms with Gasteiger partial charge in [-0.05, 0) is 34.9 Å². The van der Waals surface area contributed by atoms with E-state index in [4.69, 9.17) is 17.3 Å². The van der Waals surface area contributed by atoms with Gasteiger partial charge in [0.1, 0.15) is 18.0 Å². The molecule has 0 fully saturated rings. The lowest BCUT2D eigenvalue weighted by atomic mass is 10.0. The summed E-state index contributed by atoms with van der Waals surface area (Å²) >= 11 is 5.95. The summed E-state index contributed by atoms with van der Waals surface area (Å²) in [5.74, 6) is -0.602. The zero-order valence-corrected chi connectivity index (χ0v) is 18.1. The van der Waals surface area contributed by atoms with E-state index in [0.29, 0.717) is 10.8 Å². The number of hydrogen-bond donors (Lipinski definition) is 4. The van der Waals surface area contributed by atoms with Gasteiger partial charge >= 0.3 is 0 Å². The lowest BCUT2D eigenvalue weighted by Gasteiger charge is -2.21. The van der Waals surface area contributed by atoms with Crippen molar-refractivity contribution in [3.8, 4) is 0 Å². The van der Waals surface area contributed by atoms with Gasteiger partial charge in [-0.3, -0.25) is 9.59 Å². The molecule has 0 saturated heterocycles. The minimum atomic E-state index is -1.28. The van der Waals surface area contributed by atoms with Gasteiger partial charge in [0.2, 0.25) is 11.8 Å². The van der Waals surface area contributed by atoms with Crippen LogP contribution in [0.1, 0.15) is 16.7 Å². The van der Waals surface area contributed by atoms with Crippen molar-refractivity contribution in [2.24, 2.45) is 0 Å². The number of pyridine rings is 1. The van der Waals surface area contributed by atoms with Crippen molar-refractivity contribution < 1.29 is 14.7 Å². The molecule has 3 rings (SSSR count). The van der Waals surface area contributed by atoms with E-state index in [1.165, 1.54) is 0 Å². The first-order valence-electron chi connectivity index (χ1n) is 10.2. The lowest BCUT2D eigenvalue weighted by molar-refractivity contribution is -0.134. The normalized spacial score (nSPS) is 12.6.